The molecule has 0 aliphatic carbocycles. The van der Waals surface area contributed by atoms with Crippen molar-refractivity contribution in [3.63, 3.8) is 0 Å². The minimum absolute atomic E-state index is 0.169. The Morgan fingerprint density at radius 1 is 1.07 bits per heavy atom. The molecule has 1 amide bonds. The number of aromatic nitrogens is 2. The molecule has 1 heterocycles. The largest absolute Gasteiger partial charge is 0.349 e. The lowest BCUT2D eigenvalue weighted by molar-refractivity contribution is -0.128. The summed E-state index contributed by atoms with van der Waals surface area (Å²) in [7, 11) is 3.59. The Bertz CT molecular complexity index is 914. The highest BCUT2D eigenvalue weighted by Gasteiger charge is 2.12. The smallest absolute Gasteiger partial charge is 0.222 e. The molecule has 3 rings (SSSR count). The highest BCUT2D eigenvalue weighted by molar-refractivity contribution is 5.75. The van der Waals surface area contributed by atoms with E-state index in [-0.39, 0.29) is 5.91 Å². The van der Waals surface area contributed by atoms with E-state index in [0.29, 0.717) is 6.42 Å². The molecule has 0 aliphatic rings. The van der Waals surface area contributed by atoms with Gasteiger partial charge in [0.25, 0.3) is 0 Å². The van der Waals surface area contributed by atoms with Crippen molar-refractivity contribution in [3.05, 3.63) is 77.5 Å². The second-order valence-corrected chi connectivity index (χ2v) is 7.62. The zero-order valence-corrected chi connectivity index (χ0v) is 17.6. The van der Waals surface area contributed by atoms with E-state index in [1.165, 1.54) is 16.7 Å². The molecule has 0 unspecified atom stereocenters. The predicted octanol–water partition coefficient (Wildman–Crippen LogP) is 3.86. The molecule has 0 radical (unpaired) electrons. The lowest BCUT2D eigenvalue weighted by Gasteiger charge is -2.10. The predicted molar refractivity (Wildman–Crippen MR) is 118 cm³/mol. The monoisotopic (exact) mass is 390 g/mol. The fourth-order valence-corrected chi connectivity index (χ4v) is 3.21. The van der Waals surface area contributed by atoms with Crippen LogP contribution in [-0.4, -0.2) is 41.2 Å². The minimum atomic E-state index is 0.169. The molecule has 29 heavy (non-hydrogen) atoms. The van der Waals surface area contributed by atoms with Crippen LogP contribution in [0.3, 0.4) is 0 Å². The zero-order chi connectivity index (χ0) is 20.6. The van der Waals surface area contributed by atoms with Crippen LogP contribution in [0.2, 0.25) is 0 Å². The number of benzene rings is 2. The van der Waals surface area contributed by atoms with Gasteiger partial charge in [0.05, 0.1) is 12.2 Å². The number of carbonyl (C=O) groups excluding carboxylic acids is 1. The first-order valence-corrected chi connectivity index (χ1v) is 10.1. The summed E-state index contributed by atoms with van der Waals surface area (Å²) in [5.41, 5.74) is 5.78. The van der Waals surface area contributed by atoms with Gasteiger partial charge in [-0.3, -0.25) is 9.48 Å². The molecule has 0 fully saturated rings. The van der Waals surface area contributed by atoms with Gasteiger partial charge in [-0.2, -0.15) is 5.10 Å². The number of nitrogens with zero attached hydrogens (tertiary/aromatic N) is 3. The van der Waals surface area contributed by atoms with Crippen LogP contribution in [0.25, 0.3) is 11.3 Å². The fraction of sp³-hybridized carbons (Fsp3) is 0.333. The van der Waals surface area contributed by atoms with Crippen LogP contribution in [0.5, 0.6) is 0 Å². The van der Waals surface area contributed by atoms with Crippen molar-refractivity contribution >= 4 is 5.91 Å². The lowest BCUT2D eigenvalue weighted by Crippen LogP contribution is -2.23. The van der Waals surface area contributed by atoms with Crippen LogP contribution >= 0.6 is 0 Å². The average Bonchev–Trinajstić information content (AvgIpc) is 3.11. The molecule has 1 N–H and O–H groups in total. The van der Waals surface area contributed by atoms with E-state index in [2.05, 4.69) is 67.0 Å². The summed E-state index contributed by atoms with van der Waals surface area (Å²) >= 11 is 0. The molecule has 5 nitrogen and oxygen atoms in total. The van der Waals surface area contributed by atoms with E-state index in [4.69, 9.17) is 5.10 Å². The van der Waals surface area contributed by atoms with Gasteiger partial charge in [-0.05, 0) is 25.5 Å². The molecule has 5 heteroatoms. The van der Waals surface area contributed by atoms with Gasteiger partial charge in [-0.15, -0.1) is 0 Å². The summed E-state index contributed by atoms with van der Waals surface area (Å²) in [6.07, 6.45) is 3.52. The van der Waals surface area contributed by atoms with E-state index in [1.54, 1.807) is 19.0 Å². The maximum Gasteiger partial charge on any atom is 0.222 e. The Morgan fingerprint density at radius 3 is 2.48 bits per heavy atom. The molecule has 2 aromatic carbocycles. The molecule has 0 atom stereocenters. The molecule has 1 aromatic heterocycles. The summed E-state index contributed by atoms with van der Waals surface area (Å²) in [6, 6.07) is 18.9. The lowest BCUT2D eigenvalue weighted by atomic mass is 10.1. The highest BCUT2D eigenvalue weighted by atomic mass is 16.2. The number of hydrogen-bond donors (Lipinski definition) is 1. The Balaban J connectivity index is 1.69. The third-order valence-corrected chi connectivity index (χ3v) is 4.91. The first kappa shape index (κ1) is 20.8. The number of amides is 1. The number of nitrogens with one attached hydrogen (secondary N) is 1. The van der Waals surface area contributed by atoms with Crippen LogP contribution in [-0.2, 0) is 17.9 Å². The van der Waals surface area contributed by atoms with Gasteiger partial charge in [0.1, 0.15) is 0 Å². The molecule has 0 bridgehead atoms. The van der Waals surface area contributed by atoms with Crippen molar-refractivity contribution in [2.45, 2.75) is 32.9 Å². The third-order valence-electron chi connectivity index (χ3n) is 4.91. The average molecular weight is 391 g/mol. The molecule has 0 saturated heterocycles. The van der Waals surface area contributed by atoms with E-state index in [9.17, 15) is 4.79 Å². The Labute approximate surface area is 173 Å². The summed E-state index contributed by atoms with van der Waals surface area (Å²) in [6.45, 7) is 4.37. The molecule has 0 aliphatic heterocycles. The van der Waals surface area contributed by atoms with E-state index in [1.807, 2.05) is 10.7 Å². The van der Waals surface area contributed by atoms with Crippen molar-refractivity contribution in [1.82, 2.24) is 20.0 Å². The quantitative estimate of drug-likeness (QED) is 0.565. The number of carbonyl (C=O) groups is 1. The SMILES string of the molecule is Cc1ccc(-c2nn(Cc3ccccc3)cc2CNCCCC(=O)N(C)C)cc1. The summed E-state index contributed by atoms with van der Waals surface area (Å²) in [5.74, 6) is 0.169. The van der Waals surface area contributed by atoms with Gasteiger partial charge in [-0.1, -0.05) is 60.2 Å². The van der Waals surface area contributed by atoms with E-state index < -0.39 is 0 Å². The van der Waals surface area contributed by atoms with Crippen molar-refractivity contribution in [3.8, 4) is 11.3 Å². The van der Waals surface area contributed by atoms with Crippen LogP contribution in [0, 0.1) is 6.92 Å². The van der Waals surface area contributed by atoms with Gasteiger partial charge in [0.15, 0.2) is 0 Å². The fourth-order valence-electron chi connectivity index (χ4n) is 3.21. The normalized spacial score (nSPS) is 10.9. The van der Waals surface area contributed by atoms with Crippen LogP contribution in [0.4, 0.5) is 0 Å². The number of hydrogen-bond acceptors (Lipinski definition) is 3. The number of rotatable bonds is 9. The van der Waals surface area contributed by atoms with Crippen molar-refractivity contribution < 1.29 is 4.79 Å². The molecule has 0 saturated carbocycles. The Kier molecular flexibility index (Phi) is 7.19. The van der Waals surface area contributed by atoms with Crippen molar-refractivity contribution in [2.24, 2.45) is 0 Å². The van der Waals surface area contributed by atoms with Crippen molar-refractivity contribution in [1.29, 1.82) is 0 Å². The summed E-state index contributed by atoms with van der Waals surface area (Å²) in [5, 5.41) is 8.34. The van der Waals surface area contributed by atoms with E-state index in [0.717, 1.165) is 37.3 Å². The highest BCUT2D eigenvalue weighted by Crippen LogP contribution is 2.23. The van der Waals surface area contributed by atoms with Gasteiger partial charge in [0, 0.05) is 44.4 Å². The molecular formula is C24H30N4O. The first-order valence-electron chi connectivity index (χ1n) is 10.1. The minimum Gasteiger partial charge on any atom is -0.349 e. The van der Waals surface area contributed by atoms with Gasteiger partial charge >= 0.3 is 0 Å². The third kappa shape index (κ3) is 6.03. The Morgan fingerprint density at radius 2 is 1.79 bits per heavy atom. The molecule has 3 aromatic rings. The summed E-state index contributed by atoms with van der Waals surface area (Å²) < 4.78 is 2.01. The van der Waals surface area contributed by atoms with Gasteiger partial charge < -0.3 is 10.2 Å². The second kappa shape index (κ2) is 10.0. The van der Waals surface area contributed by atoms with Crippen LogP contribution in [0.1, 0.15) is 29.5 Å². The molecule has 152 valence electrons. The van der Waals surface area contributed by atoms with Gasteiger partial charge in [0.2, 0.25) is 5.91 Å². The standard InChI is InChI=1S/C24H30N4O/c1-19-11-13-21(14-12-19)24-22(16-25-15-7-10-23(29)27(2)3)18-28(26-24)17-20-8-5-4-6-9-20/h4-6,8-9,11-14,18,25H,7,10,15-17H2,1-3H3. The Hall–Kier alpha value is -2.92. The number of aryl methyl sites for hydroxylation is 1. The van der Waals surface area contributed by atoms with Gasteiger partial charge in [-0.25, -0.2) is 0 Å². The maximum absolute atomic E-state index is 11.7. The maximum atomic E-state index is 11.7. The topological polar surface area (TPSA) is 50.2 Å². The molecule has 0 spiro atoms. The second-order valence-electron chi connectivity index (χ2n) is 7.62. The molecular weight excluding hydrogens is 360 g/mol. The van der Waals surface area contributed by atoms with Crippen molar-refractivity contribution in [2.75, 3.05) is 20.6 Å². The zero-order valence-electron chi connectivity index (χ0n) is 17.6. The first-order chi connectivity index (χ1) is 14.0. The van der Waals surface area contributed by atoms with Crippen LogP contribution < -0.4 is 5.32 Å². The van der Waals surface area contributed by atoms with E-state index >= 15 is 0 Å². The van der Waals surface area contributed by atoms with Crippen LogP contribution in [0.15, 0.2) is 60.8 Å². The summed E-state index contributed by atoms with van der Waals surface area (Å²) in [4.78, 5) is 13.3.